The molecule has 156 valence electrons. The van der Waals surface area contributed by atoms with E-state index in [1.165, 1.54) is 19.1 Å². The van der Waals surface area contributed by atoms with Crippen LogP contribution >= 0.6 is 0 Å². The molecule has 7 nitrogen and oxygen atoms in total. The number of ether oxygens (including phenoxy) is 1. The first kappa shape index (κ1) is 19.7. The number of methoxy groups -OCH3 is 1. The number of nitrogens with zero attached hydrogens (tertiary/aromatic N) is 4. The Labute approximate surface area is 170 Å². The minimum atomic E-state index is -1.54. The number of fused-ring (bicyclic) bond motifs is 1. The molecule has 2 aliphatic rings. The number of carbonyl (C=O) groups is 1. The Morgan fingerprint density at radius 2 is 1.90 bits per heavy atom. The van der Waals surface area contributed by atoms with E-state index in [9.17, 15) is 18.0 Å². The van der Waals surface area contributed by atoms with Crippen LogP contribution in [0.5, 0.6) is 5.75 Å². The topological polar surface area (TPSA) is 69.5 Å². The molecule has 1 N–H and O–H groups in total. The van der Waals surface area contributed by atoms with Gasteiger partial charge in [0.2, 0.25) is 11.9 Å². The monoisotopic (exact) mass is 417 g/mol. The molecule has 0 bridgehead atoms. The van der Waals surface area contributed by atoms with E-state index in [1.54, 1.807) is 17.0 Å². The lowest BCUT2D eigenvalue weighted by atomic mass is 10.1. The zero-order chi connectivity index (χ0) is 21.6. The third-order valence-corrected chi connectivity index (χ3v) is 5.02. The van der Waals surface area contributed by atoms with Crippen molar-refractivity contribution in [3.8, 4) is 5.75 Å². The van der Waals surface area contributed by atoms with Crippen LogP contribution in [-0.4, -0.2) is 48.5 Å². The Hall–Kier alpha value is -3.56. The van der Waals surface area contributed by atoms with Crippen LogP contribution in [0.15, 0.2) is 40.3 Å². The summed E-state index contributed by atoms with van der Waals surface area (Å²) in [6, 6.07) is 6.00. The van der Waals surface area contributed by atoms with Crippen LogP contribution in [0.3, 0.4) is 0 Å². The first-order valence-corrected chi connectivity index (χ1v) is 9.06. The summed E-state index contributed by atoms with van der Waals surface area (Å²) in [4.78, 5) is 24.1. The number of guanidine groups is 2. The molecule has 1 saturated heterocycles. The molecule has 0 aromatic heterocycles. The number of aliphatic imine (C=N–C) groups is 2. The van der Waals surface area contributed by atoms with Gasteiger partial charge in [0.05, 0.1) is 25.4 Å². The summed E-state index contributed by atoms with van der Waals surface area (Å²) in [5.41, 5.74) is 1.53. The second-order valence-electron chi connectivity index (χ2n) is 6.90. The molecule has 1 unspecified atom stereocenters. The molecule has 0 saturated carbocycles. The number of aryl methyl sites for hydroxylation is 1. The van der Waals surface area contributed by atoms with Crippen molar-refractivity contribution in [3.05, 3.63) is 58.9 Å². The van der Waals surface area contributed by atoms with Gasteiger partial charge in [0.1, 0.15) is 5.75 Å². The number of rotatable bonds is 3. The summed E-state index contributed by atoms with van der Waals surface area (Å²) in [6.45, 7) is 1.95. The number of halogens is 3. The van der Waals surface area contributed by atoms with Crippen LogP contribution < -0.4 is 10.1 Å². The lowest BCUT2D eigenvalue weighted by Crippen LogP contribution is -2.61. The number of amides is 2. The molecule has 30 heavy (non-hydrogen) atoms. The van der Waals surface area contributed by atoms with E-state index in [0.29, 0.717) is 11.4 Å². The minimum absolute atomic E-state index is 0.106. The van der Waals surface area contributed by atoms with Gasteiger partial charge in [0.15, 0.2) is 17.5 Å². The maximum absolute atomic E-state index is 13.8. The number of urea groups is 1. The Morgan fingerprint density at radius 1 is 1.20 bits per heavy atom. The predicted molar refractivity (Wildman–Crippen MR) is 104 cm³/mol. The highest BCUT2D eigenvalue weighted by Gasteiger charge is 2.41. The van der Waals surface area contributed by atoms with Crippen molar-refractivity contribution in [2.24, 2.45) is 9.98 Å². The second-order valence-corrected chi connectivity index (χ2v) is 6.90. The fourth-order valence-electron chi connectivity index (χ4n) is 3.36. The highest BCUT2D eigenvalue weighted by atomic mass is 19.2. The number of hydrogen-bond acceptors (Lipinski definition) is 4. The Morgan fingerprint density at radius 3 is 2.57 bits per heavy atom. The number of carbonyl (C=O) groups excluding carboxylic acids is 1. The third kappa shape index (κ3) is 3.23. The summed E-state index contributed by atoms with van der Waals surface area (Å²) in [6.07, 6.45) is 0. The summed E-state index contributed by atoms with van der Waals surface area (Å²) >= 11 is 0. The Bertz CT molecular complexity index is 1080. The Kier molecular flexibility index (Phi) is 4.84. The van der Waals surface area contributed by atoms with Crippen LogP contribution in [0.2, 0.25) is 0 Å². The van der Waals surface area contributed by atoms with E-state index in [-0.39, 0.29) is 24.0 Å². The van der Waals surface area contributed by atoms with Gasteiger partial charge in [-0.3, -0.25) is 15.1 Å². The van der Waals surface area contributed by atoms with Gasteiger partial charge in [0, 0.05) is 13.1 Å². The zero-order valence-electron chi connectivity index (χ0n) is 16.4. The van der Waals surface area contributed by atoms with Crippen molar-refractivity contribution >= 4 is 23.6 Å². The average Bonchev–Trinajstić information content (AvgIpc) is 3.17. The number of hydrogen-bond donors (Lipinski definition) is 1. The molecular weight excluding hydrogens is 399 g/mol. The van der Waals surface area contributed by atoms with E-state index in [0.717, 1.165) is 17.7 Å². The second kappa shape index (κ2) is 7.36. The quantitative estimate of drug-likeness (QED) is 0.778. The van der Waals surface area contributed by atoms with E-state index in [1.807, 2.05) is 13.0 Å². The molecule has 0 aliphatic carbocycles. The summed E-state index contributed by atoms with van der Waals surface area (Å²) in [5.74, 6) is -3.14. The van der Waals surface area contributed by atoms with Crippen molar-refractivity contribution < 1.29 is 22.7 Å². The van der Waals surface area contributed by atoms with Crippen molar-refractivity contribution in [3.63, 3.8) is 0 Å². The lowest BCUT2D eigenvalue weighted by molar-refractivity contribution is 0.222. The van der Waals surface area contributed by atoms with Gasteiger partial charge in [-0.15, -0.1) is 0 Å². The highest BCUT2D eigenvalue weighted by Crippen LogP contribution is 2.33. The SMILES string of the molecule is COc1ccc(C)c(N=C2NC(=O)N(C)C3=NCC(c4cc(F)c(F)c(F)c4)N23)c1. The molecule has 1 atom stereocenters. The lowest BCUT2D eigenvalue weighted by Gasteiger charge is -2.36. The normalized spacial score (nSPS) is 19.7. The average molecular weight is 417 g/mol. The van der Waals surface area contributed by atoms with E-state index in [4.69, 9.17) is 4.74 Å². The standard InChI is InChI=1S/C20H18F3N5O2/c1-10-4-5-12(30-3)8-15(10)25-18-26-20(29)27(2)19-24-9-16(28(18)19)11-6-13(21)17(23)14(22)7-11/h4-8,16H,9H2,1-3H3,(H,25,26,29). The molecule has 2 aromatic rings. The van der Waals surface area contributed by atoms with E-state index < -0.39 is 29.5 Å². The Balaban J connectivity index is 1.81. The largest absolute Gasteiger partial charge is 0.497 e. The number of nitrogens with one attached hydrogen (secondary N) is 1. The molecular formula is C20H18F3N5O2. The van der Waals surface area contributed by atoms with Crippen LogP contribution in [0.25, 0.3) is 0 Å². The zero-order valence-corrected chi connectivity index (χ0v) is 16.4. The van der Waals surface area contributed by atoms with E-state index >= 15 is 0 Å². The van der Waals surface area contributed by atoms with Crippen molar-refractivity contribution in [1.29, 1.82) is 0 Å². The van der Waals surface area contributed by atoms with E-state index in [2.05, 4.69) is 15.3 Å². The summed E-state index contributed by atoms with van der Waals surface area (Å²) in [5, 5.41) is 2.67. The molecule has 10 heteroatoms. The molecule has 2 heterocycles. The molecule has 1 fully saturated rings. The van der Waals surface area contributed by atoms with Crippen molar-refractivity contribution in [1.82, 2.24) is 15.1 Å². The van der Waals surface area contributed by atoms with Crippen molar-refractivity contribution in [2.75, 3.05) is 20.7 Å². The first-order valence-electron chi connectivity index (χ1n) is 9.06. The number of benzene rings is 2. The third-order valence-electron chi connectivity index (χ3n) is 5.02. The smallest absolute Gasteiger partial charge is 0.330 e. The fraction of sp³-hybridized carbons (Fsp3) is 0.250. The molecule has 2 aromatic carbocycles. The minimum Gasteiger partial charge on any atom is -0.497 e. The summed E-state index contributed by atoms with van der Waals surface area (Å²) < 4.78 is 46.3. The van der Waals surface area contributed by atoms with Gasteiger partial charge in [-0.2, -0.15) is 0 Å². The molecule has 2 amide bonds. The van der Waals surface area contributed by atoms with Crippen LogP contribution in [0.1, 0.15) is 17.2 Å². The molecule has 4 rings (SSSR count). The van der Waals surface area contributed by atoms with Crippen LogP contribution in [0.4, 0.5) is 23.7 Å². The molecule has 0 radical (unpaired) electrons. The van der Waals surface area contributed by atoms with Gasteiger partial charge < -0.3 is 4.74 Å². The fourth-order valence-corrected chi connectivity index (χ4v) is 3.36. The predicted octanol–water partition coefficient (Wildman–Crippen LogP) is 3.48. The van der Waals surface area contributed by atoms with Gasteiger partial charge >= 0.3 is 6.03 Å². The molecule has 0 spiro atoms. The maximum atomic E-state index is 13.8. The molecule has 2 aliphatic heterocycles. The highest BCUT2D eigenvalue weighted by molar-refractivity contribution is 6.16. The van der Waals surface area contributed by atoms with Gasteiger partial charge in [-0.05, 0) is 36.2 Å². The van der Waals surface area contributed by atoms with Crippen molar-refractivity contribution in [2.45, 2.75) is 13.0 Å². The maximum Gasteiger partial charge on any atom is 0.330 e. The van der Waals surface area contributed by atoms with Gasteiger partial charge in [-0.25, -0.2) is 28.0 Å². The summed E-state index contributed by atoms with van der Waals surface area (Å²) in [7, 11) is 3.04. The van der Waals surface area contributed by atoms with Crippen LogP contribution in [-0.2, 0) is 0 Å². The van der Waals surface area contributed by atoms with Gasteiger partial charge in [0.25, 0.3) is 0 Å². The first-order chi connectivity index (χ1) is 14.3. The van der Waals surface area contributed by atoms with Crippen LogP contribution in [0, 0.1) is 24.4 Å². The van der Waals surface area contributed by atoms with Gasteiger partial charge in [-0.1, -0.05) is 6.07 Å².